The van der Waals surface area contributed by atoms with Gasteiger partial charge in [0.2, 0.25) is 0 Å². The number of hydrogen-bond donors (Lipinski definition) is 3. The van der Waals surface area contributed by atoms with Gasteiger partial charge in [0.1, 0.15) is 17.1 Å². The minimum atomic E-state index is -0.473. The molecule has 0 aliphatic heterocycles. The van der Waals surface area contributed by atoms with E-state index in [1.165, 1.54) is 6.92 Å². The number of carbonyl (C=O) groups is 1. The quantitative estimate of drug-likeness (QED) is 0.364. The molecule has 5 heteroatoms. The average Bonchev–Trinajstić information content (AvgIpc) is 2.02. The van der Waals surface area contributed by atoms with Crippen molar-refractivity contribution in [2.24, 2.45) is 0 Å². The lowest BCUT2D eigenvalue weighted by atomic mass is 10.1. The van der Waals surface area contributed by atoms with E-state index in [2.05, 4.69) is 4.89 Å². The van der Waals surface area contributed by atoms with E-state index in [4.69, 9.17) is 5.26 Å². The second-order valence-corrected chi connectivity index (χ2v) is 2.48. The summed E-state index contributed by atoms with van der Waals surface area (Å²) in [5, 5.41) is 26.6. The summed E-state index contributed by atoms with van der Waals surface area (Å²) < 4.78 is 0. The van der Waals surface area contributed by atoms with Gasteiger partial charge in [0.15, 0.2) is 11.5 Å². The molecule has 0 spiro atoms. The Morgan fingerprint density at radius 1 is 1.31 bits per heavy atom. The number of rotatable bonds is 2. The summed E-state index contributed by atoms with van der Waals surface area (Å²) in [6.45, 7) is 1.20. The predicted octanol–water partition coefficient (Wildman–Crippen LogP) is 1.15. The van der Waals surface area contributed by atoms with E-state index < -0.39 is 17.3 Å². The van der Waals surface area contributed by atoms with Crippen LogP contribution in [0.1, 0.15) is 17.3 Å². The first-order chi connectivity index (χ1) is 6.06. The fourth-order valence-corrected chi connectivity index (χ4v) is 1.00. The highest BCUT2D eigenvalue weighted by molar-refractivity contribution is 5.99. The molecule has 0 heterocycles. The molecule has 1 aromatic carbocycles. The number of benzene rings is 1. The Morgan fingerprint density at radius 2 is 1.77 bits per heavy atom. The van der Waals surface area contributed by atoms with E-state index in [1.807, 2.05) is 0 Å². The number of hydrogen-bond acceptors (Lipinski definition) is 5. The van der Waals surface area contributed by atoms with E-state index in [1.54, 1.807) is 0 Å². The Bertz CT molecular complexity index is 321. The molecule has 5 nitrogen and oxygen atoms in total. The smallest absolute Gasteiger partial charge is 0.172 e. The number of Topliss-reactive ketones (excluding diaryl/α,β-unsaturated/α-hetero) is 1. The number of aromatic hydroxyl groups is 2. The maximum Gasteiger partial charge on any atom is 0.172 e. The van der Waals surface area contributed by atoms with Crippen molar-refractivity contribution in [1.29, 1.82) is 0 Å². The van der Waals surface area contributed by atoms with Gasteiger partial charge in [-0.3, -0.25) is 4.79 Å². The standard InChI is InChI=1S/C8H8O5/c1-4(9)8-6(10)2-5(13-12)3-7(8)11/h2-3,10-12H,1H3. The van der Waals surface area contributed by atoms with Gasteiger partial charge in [-0.15, -0.1) is 0 Å². The predicted molar refractivity (Wildman–Crippen MR) is 43.0 cm³/mol. The van der Waals surface area contributed by atoms with E-state index in [0.717, 1.165) is 12.1 Å². The van der Waals surface area contributed by atoms with Gasteiger partial charge in [0, 0.05) is 12.1 Å². The molecule has 0 unspecified atom stereocenters. The highest BCUT2D eigenvalue weighted by Crippen LogP contribution is 2.32. The molecular weight excluding hydrogens is 176 g/mol. The van der Waals surface area contributed by atoms with Crippen LogP contribution in [0, 0.1) is 0 Å². The van der Waals surface area contributed by atoms with Crippen molar-refractivity contribution in [2.45, 2.75) is 6.92 Å². The normalized spacial score (nSPS) is 9.69. The topological polar surface area (TPSA) is 87.0 Å². The minimum Gasteiger partial charge on any atom is -0.507 e. The van der Waals surface area contributed by atoms with Crippen molar-refractivity contribution in [1.82, 2.24) is 0 Å². The number of ketones is 1. The maximum atomic E-state index is 10.9. The van der Waals surface area contributed by atoms with E-state index >= 15 is 0 Å². The zero-order chi connectivity index (χ0) is 10.0. The second-order valence-electron chi connectivity index (χ2n) is 2.48. The lowest BCUT2D eigenvalue weighted by molar-refractivity contribution is -0.137. The van der Waals surface area contributed by atoms with Crippen molar-refractivity contribution in [2.75, 3.05) is 0 Å². The van der Waals surface area contributed by atoms with Gasteiger partial charge in [0.25, 0.3) is 0 Å². The number of phenolic OH excluding ortho intramolecular Hbond substituents is 2. The van der Waals surface area contributed by atoms with E-state index in [-0.39, 0.29) is 11.3 Å². The molecule has 0 aliphatic rings. The molecule has 0 radical (unpaired) electrons. The van der Waals surface area contributed by atoms with E-state index in [9.17, 15) is 15.0 Å². The van der Waals surface area contributed by atoms with Crippen LogP contribution < -0.4 is 4.89 Å². The first-order valence-electron chi connectivity index (χ1n) is 3.44. The molecular formula is C8H8O5. The summed E-state index contributed by atoms with van der Waals surface area (Å²) in [6, 6.07) is 2.05. The van der Waals surface area contributed by atoms with Crippen LogP contribution in [0.3, 0.4) is 0 Å². The fraction of sp³-hybridized carbons (Fsp3) is 0.125. The Hall–Kier alpha value is -1.75. The third kappa shape index (κ3) is 1.70. The summed E-state index contributed by atoms with van der Waals surface area (Å²) >= 11 is 0. The third-order valence-corrected chi connectivity index (χ3v) is 1.53. The Morgan fingerprint density at radius 3 is 2.08 bits per heavy atom. The van der Waals surface area contributed by atoms with Gasteiger partial charge in [-0.25, -0.2) is 5.26 Å². The zero-order valence-corrected chi connectivity index (χ0v) is 6.81. The van der Waals surface area contributed by atoms with Crippen LogP contribution in [0.4, 0.5) is 0 Å². The van der Waals surface area contributed by atoms with Crippen LogP contribution in [0.25, 0.3) is 0 Å². The molecule has 0 amide bonds. The minimum absolute atomic E-state index is 0.139. The third-order valence-electron chi connectivity index (χ3n) is 1.53. The Labute approximate surface area is 73.7 Å². The zero-order valence-electron chi connectivity index (χ0n) is 6.81. The lowest BCUT2D eigenvalue weighted by Gasteiger charge is -2.04. The second kappa shape index (κ2) is 3.32. The molecule has 0 saturated heterocycles. The van der Waals surface area contributed by atoms with Gasteiger partial charge in [-0.2, -0.15) is 0 Å². The molecule has 0 aromatic heterocycles. The molecule has 0 saturated carbocycles. The largest absolute Gasteiger partial charge is 0.507 e. The summed E-state index contributed by atoms with van der Waals surface area (Å²) in [7, 11) is 0. The highest BCUT2D eigenvalue weighted by Gasteiger charge is 2.14. The van der Waals surface area contributed by atoms with Crippen molar-refractivity contribution in [3.05, 3.63) is 17.7 Å². The average molecular weight is 184 g/mol. The van der Waals surface area contributed by atoms with Gasteiger partial charge in [0.05, 0.1) is 0 Å². The van der Waals surface area contributed by atoms with Crippen molar-refractivity contribution < 1.29 is 25.2 Å². The Balaban J connectivity index is 3.31. The molecule has 0 fully saturated rings. The molecule has 0 atom stereocenters. The molecule has 1 aromatic rings. The van der Waals surface area contributed by atoms with Crippen molar-refractivity contribution >= 4 is 5.78 Å². The van der Waals surface area contributed by atoms with Crippen LogP contribution >= 0.6 is 0 Å². The van der Waals surface area contributed by atoms with Crippen LogP contribution in [0.5, 0.6) is 17.2 Å². The molecule has 70 valence electrons. The monoisotopic (exact) mass is 184 g/mol. The van der Waals surface area contributed by atoms with Crippen LogP contribution in [0.2, 0.25) is 0 Å². The molecule has 1 rings (SSSR count). The SMILES string of the molecule is CC(=O)c1c(O)cc(OO)cc1O. The van der Waals surface area contributed by atoms with Crippen molar-refractivity contribution in [3.8, 4) is 17.2 Å². The van der Waals surface area contributed by atoms with Crippen molar-refractivity contribution in [3.63, 3.8) is 0 Å². The highest BCUT2D eigenvalue weighted by atomic mass is 17.1. The van der Waals surface area contributed by atoms with Crippen LogP contribution in [0.15, 0.2) is 12.1 Å². The Kier molecular flexibility index (Phi) is 2.39. The lowest BCUT2D eigenvalue weighted by Crippen LogP contribution is -1.94. The van der Waals surface area contributed by atoms with E-state index in [0.29, 0.717) is 0 Å². The van der Waals surface area contributed by atoms with Gasteiger partial charge >= 0.3 is 0 Å². The number of phenols is 2. The first kappa shape index (κ1) is 9.34. The van der Waals surface area contributed by atoms with Gasteiger partial charge in [-0.1, -0.05) is 0 Å². The fourth-order valence-electron chi connectivity index (χ4n) is 1.00. The first-order valence-corrected chi connectivity index (χ1v) is 3.44. The van der Waals surface area contributed by atoms with Crippen LogP contribution in [-0.4, -0.2) is 21.3 Å². The molecule has 13 heavy (non-hydrogen) atoms. The maximum absolute atomic E-state index is 10.9. The summed E-state index contributed by atoms with van der Waals surface area (Å²) in [4.78, 5) is 14.6. The molecule has 0 aliphatic carbocycles. The van der Waals surface area contributed by atoms with Crippen LogP contribution in [-0.2, 0) is 0 Å². The van der Waals surface area contributed by atoms with Gasteiger partial charge in [-0.05, 0) is 6.92 Å². The summed E-state index contributed by atoms with van der Waals surface area (Å²) in [6.07, 6.45) is 0. The summed E-state index contributed by atoms with van der Waals surface area (Å²) in [5.41, 5.74) is -0.194. The molecule has 3 N–H and O–H groups in total. The summed E-state index contributed by atoms with van der Waals surface area (Å²) in [5.74, 6) is -1.48. The molecule has 0 bridgehead atoms. The number of carbonyl (C=O) groups excluding carboxylic acids is 1. The van der Waals surface area contributed by atoms with Gasteiger partial charge < -0.3 is 15.1 Å².